The van der Waals surface area contributed by atoms with E-state index in [0.29, 0.717) is 19.0 Å². The van der Waals surface area contributed by atoms with Crippen molar-refractivity contribution in [2.75, 3.05) is 24.6 Å². The molecule has 1 aliphatic heterocycles. The van der Waals surface area contributed by atoms with Crippen LogP contribution in [0.2, 0.25) is 0 Å². The number of hydrogen-bond acceptors (Lipinski definition) is 5. The molecule has 2 amide bonds. The summed E-state index contributed by atoms with van der Waals surface area (Å²) in [6.45, 7) is 4.72. The molecule has 1 atom stereocenters. The van der Waals surface area contributed by atoms with Crippen LogP contribution >= 0.6 is 11.3 Å². The Morgan fingerprint density at radius 2 is 2.18 bits per heavy atom. The van der Waals surface area contributed by atoms with Gasteiger partial charge >= 0.3 is 6.03 Å². The van der Waals surface area contributed by atoms with Crippen LogP contribution in [0.25, 0.3) is 0 Å². The first-order valence-electron chi connectivity index (χ1n) is 7.56. The molecule has 6 nitrogen and oxygen atoms in total. The van der Waals surface area contributed by atoms with Crippen molar-refractivity contribution >= 4 is 27.2 Å². The molecule has 2 heterocycles. The predicted molar refractivity (Wildman–Crippen MR) is 88.0 cm³/mol. The van der Waals surface area contributed by atoms with Gasteiger partial charge in [0.25, 0.3) is 0 Å². The van der Waals surface area contributed by atoms with Crippen LogP contribution in [0.1, 0.15) is 37.6 Å². The molecule has 0 spiro atoms. The monoisotopic (exact) mass is 345 g/mol. The highest BCUT2D eigenvalue weighted by atomic mass is 32.2. The Hall–Kier alpha value is -1.15. The van der Waals surface area contributed by atoms with E-state index in [0.717, 1.165) is 17.8 Å². The number of nitrogens with one attached hydrogen (secondary N) is 1. The summed E-state index contributed by atoms with van der Waals surface area (Å²) < 4.78 is 23.1. The second-order valence-corrected chi connectivity index (χ2v) is 9.01. The summed E-state index contributed by atoms with van der Waals surface area (Å²) in [6.07, 6.45) is 3.63. The van der Waals surface area contributed by atoms with Crippen LogP contribution in [-0.2, 0) is 9.84 Å². The molecule has 0 unspecified atom stereocenters. The van der Waals surface area contributed by atoms with Gasteiger partial charge in [0.1, 0.15) is 0 Å². The minimum absolute atomic E-state index is 0.00911. The first-order valence-corrected chi connectivity index (χ1v) is 10.3. The highest BCUT2D eigenvalue weighted by molar-refractivity contribution is 7.91. The summed E-state index contributed by atoms with van der Waals surface area (Å²) in [5, 5.41) is 5.90. The van der Waals surface area contributed by atoms with Gasteiger partial charge in [0.05, 0.1) is 10.8 Å². The Morgan fingerprint density at radius 1 is 1.50 bits per heavy atom. The number of aromatic nitrogens is 1. The van der Waals surface area contributed by atoms with Gasteiger partial charge in [0.2, 0.25) is 0 Å². The molecule has 0 aliphatic carbocycles. The second-order valence-electron chi connectivity index (χ2n) is 5.68. The van der Waals surface area contributed by atoms with Gasteiger partial charge in [-0.25, -0.2) is 18.2 Å². The van der Waals surface area contributed by atoms with Crippen LogP contribution < -0.4 is 5.32 Å². The first kappa shape index (κ1) is 17.2. The number of carbonyl (C=O) groups is 1. The average Bonchev–Trinajstić information content (AvgIpc) is 3.01. The van der Waals surface area contributed by atoms with E-state index in [2.05, 4.69) is 10.3 Å². The lowest BCUT2D eigenvalue weighted by Crippen LogP contribution is -2.48. The van der Waals surface area contributed by atoms with Crippen LogP contribution in [0.4, 0.5) is 4.79 Å². The minimum atomic E-state index is -3.07. The van der Waals surface area contributed by atoms with E-state index < -0.39 is 9.84 Å². The Kier molecular flexibility index (Phi) is 5.80. The third kappa shape index (κ3) is 4.67. The van der Waals surface area contributed by atoms with Crippen molar-refractivity contribution < 1.29 is 13.2 Å². The summed E-state index contributed by atoms with van der Waals surface area (Å²) in [7, 11) is -3.07. The minimum Gasteiger partial charge on any atom is -0.335 e. The molecule has 1 saturated heterocycles. The largest absolute Gasteiger partial charge is 0.335 e. The van der Waals surface area contributed by atoms with Gasteiger partial charge in [-0.2, -0.15) is 0 Å². The molecule has 0 bridgehead atoms. The van der Waals surface area contributed by atoms with Gasteiger partial charge in [-0.1, -0.05) is 6.92 Å². The number of urea groups is 1. The lowest BCUT2D eigenvalue weighted by atomic mass is 9.98. The van der Waals surface area contributed by atoms with Gasteiger partial charge in [-0.15, -0.1) is 11.3 Å². The summed E-state index contributed by atoms with van der Waals surface area (Å²) in [4.78, 5) is 18.3. The smallest absolute Gasteiger partial charge is 0.317 e. The summed E-state index contributed by atoms with van der Waals surface area (Å²) >= 11 is 1.66. The lowest BCUT2D eigenvalue weighted by Gasteiger charge is -2.32. The fourth-order valence-electron chi connectivity index (χ4n) is 2.61. The van der Waals surface area contributed by atoms with Crippen LogP contribution in [0.15, 0.2) is 11.6 Å². The SMILES string of the molecule is CCS(=O)(=O)C[C@H](C)NC(=O)N1CCC(c2nccs2)CC1. The average molecular weight is 345 g/mol. The van der Waals surface area contributed by atoms with Crippen LogP contribution in [-0.4, -0.2) is 55.0 Å². The van der Waals surface area contributed by atoms with Gasteiger partial charge in [-0.3, -0.25) is 0 Å². The van der Waals surface area contributed by atoms with E-state index in [1.165, 1.54) is 0 Å². The standard InChI is InChI=1S/C14H23N3O3S2/c1-3-22(19,20)10-11(2)16-14(18)17-7-4-12(5-8-17)13-15-6-9-21-13/h6,9,11-12H,3-5,7-8,10H2,1-2H3,(H,16,18)/t11-/m0/s1. The Morgan fingerprint density at radius 3 is 2.73 bits per heavy atom. The van der Waals surface area contributed by atoms with E-state index >= 15 is 0 Å². The lowest BCUT2D eigenvalue weighted by molar-refractivity contribution is 0.179. The van der Waals surface area contributed by atoms with E-state index in [1.807, 2.05) is 11.6 Å². The molecule has 8 heteroatoms. The maximum atomic E-state index is 12.2. The van der Waals surface area contributed by atoms with E-state index in [1.54, 1.807) is 30.1 Å². The van der Waals surface area contributed by atoms with Crippen molar-refractivity contribution in [3.8, 4) is 0 Å². The fourth-order valence-corrected chi connectivity index (χ4v) is 4.50. The molecular weight excluding hydrogens is 322 g/mol. The Labute approximate surface area is 135 Å². The number of likely N-dealkylation sites (tertiary alicyclic amines) is 1. The number of amides is 2. The highest BCUT2D eigenvalue weighted by Gasteiger charge is 2.26. The van der Waals surface area contributed by atoms with Gasteiger partial charge < -0.3 is 10.2 Å². The number of rotatable bonds is 5. The Balaban J connectivity index is 1.80. The molecular formula is C14H23N3O3S2. The quantitative estimate of drug-likeness (QED) is 0.883. The highest BCUT2D eigenvalue weighted by Crippen LogP contribution is 2.29. The van der Waals surface area contributed by atoms with E-state index in [-0.39, 0.29) is 23.6 Å². The zero-order chi connectivity index (χ0) is 16.2. The van der Waals surface area contributed by atoms with Crippen molar-refractivity contribution in [1.29, 1.82) is 0 Å². The first-order chi connectivity index (χ1) is 10.4. The van der Waals surface area contributed by atoms with E-state index in [9.17, 15) is 13.2 Å². The third-order valence-electron chi connectivity index (χ3n) is 3.90. The zero-order valence-corrected chi connectivity index (χ0v) is 14.6. The maximum absolute atomic E-state index is 12.2. The second kappa shape index (κ2) is 7.41. The van der Waals surface area contributed by atoms with Gasteiger partial charge in [0.15, 0.2) is 9.84 Å². The third-order valence-corrected chi connectivity index (χ3v) is 6.72. The van der Waals surface area contributed by atoms with Gasteiger partial charge in [0, 0.05) is 42.4 Å². The maximum Gasteiger partial charge on any atom is 0.317 e. The van der Waals surface area contributed by atoms with Crippen molar-refractivity contribution in [1.82, 2.24) is 15.2 Å². The summed E-state index contributed by atoms with van der Waals surface area (Å²) in [5.74, 6) is 0.527. The topological polar surface area (TPSA) is 79.4 Å². The number of carbonyl (C=O) groups excluding carboxylic acids is 1. The van der Waals surface area contributed by atoms with Crippen molar-refractivity contribution in [3.05, 3.63) is 16.6 Å². The molecule has 0 radical (unpaired) electrons. The van der Waals surface area contributed by atoms with Crippen molar-refractivity contribution in [2.45, 2.75) is 38.6 Å². The summed E-state index contributed by atoms with van der Waals surface area (Å²) in [5.41, 5.74) is 0. The molecule has 1 fully saturated rings. The summed E-state index contributed by atoms with van der Waals surface area (Å²) in [6, 6.07) is -0.537. The fraction of sp³-hybridized carbons (Fsp3) is 0.714. The molecule has 1 N–H and O–H groups in total. The number of hydrogen-bond donors (Lipinski definition) is 1. The number of piperidine rings is 1. The van der Waals surface area contributed by atoms with Crippen LogP contribution in [0.5, 0.6) is 0 Å². The van der Waals surface area contributed by atoms with Gasteiger partial charge in [-0.05, 0) is 19.8 Å². The van der Waals surface area contributed by atoms with Crippen molar-refractivity contribution in [3.63, 3.8) is 0 Å². The van der Waals surface area contributed by atoms with Crippen LogP contribution in [0.3, 0.4) is 0 Å². The molecule has 124 valence electrons. The molecule has 1 aliphatic rings. The zero-order valence-electron chi connectivity index (χ0n) is 13.0. The molecule has 2 rings (SSSR count). The predicted octanol–water partition coefficient (Wildman–Crippen LogP) is 1.86. The molecule has 1 aromatic heterocycles. The Bertz CT molecular complexity index is 578. The molecule has 0 aromatic carbocycles. The molecule has 1 aromatic rings. The van der Waals surface area contributed by atoms with Crippen molar-refractivity contribution in [2.24, 2.45) is 0 Å². The van der Waals surface area contributed by atoms with E-state index in [4.69, 9.17) is 0 Å². The number of nitrogens with zero attached hydrogens (tertiary/aromatic N) is 2. The normalized spacial score (nSPS) is 18.2. The molecule has 0 saturated carbocycles. The van der Waals surface area contributed by atoms with Crippen LogP contribution in [0, 0.1) is 0 Å². The molecule has 22 heavy (non-hydrogen) atoms. The number of thiazole rings is 1. The number of sulfone groups is 1.